The molecule has 8 heteroatoms. The second-order valence-electron chi connectivity index (χ2n) is 20.3. The number of rotatable bonds is 9. The molecule has 0 unspecified atom stereocenters. The third-order valence-corrected chi connectivity index (χ3v) is 17.0. The van der Waals surface area contributed by atoms with Crippen molar-refractivity contribution in [1.82, 2.24) is 24.5 Å². The smallest absolute Gasteiger partial charge is 0.216 e. The third kappa shape index (κ3) is 9.27. The Morgan fingerprint density at radius 3 is 2.15 bits per heavy atom. The van der Waals surface area contributed by atoms with Gasteiger partial charge in [-0.15, -0.1) is 18.2 Å². The molecule has 0 atom stereocenters. The quantitative estimate of drug-likeness (QED) is 0.106. The van der Waals surface area contributed by atoms with E-state index in [1.54, 1.807) is 4.40 Å². The van der Waals surface area contributed by atoms with Crippen LogP contribution in [-0.2, 0) is 26.5 Å². The van der Waals surface area contributed by atoms with Gasteiger partial charge in [0.1, 0.15) is 0 Å². The topological polar surface area (TPSA) is 69.6 Å². The van der Waals surface area contributed by atoms with Gasteiger partial charge in [0.15, 0.2) is 0 Å². The van der Waals surface area contributed by atoms with Crippen molar-refractivity contribution in [2.45, 2.75) is 104 Å². The molecule has 10 rings (SSSR count). The SMILES string of the molecule is CC(C)Cc1cc(-c2[c-]cccc2)nc[c]1[Ge]([CH3])([CH3])[CH3].Cc1ccc2ccc3nc(-c4[c-]ccc5c4oc4nc(C(C)C)ccc45)n(-c4c(C(C)C)cc5ccccc5c4C(C)C)c3c2n1.[Ir]. The summed E-state index contributed by atoms with van der Waals surface area (Å²) in [6.07, 6.45) is 3.27. The average Bonchev–Trinajstić information content (AvgIpc) is 3.87. The van der Waals surface area contributed by atoms with Gasteiger partial charge in [0.2, 0.25) is 5.71 Å². The van der Waals surface area contributed by atoms with Crippen LogP contribution in [0.25, 0.3) is 83.1 Å². The first-order valence-corrected chi connectivity index (χ1v) is 31.0. The molecule has 5 aromatic carbocycles. The van der Waals surface area contributed by atoms with E-state index in [-0.39, 0.29) is 31.9 Å². The number of aryl methyl sites for hydroxylation is 1. The zero-order valence-corrected chi connectivity index (χ0v) is 45.5. The Hall–Kier alpha value is -5.47. The van der Waals surface area contributed by atoms with Gasteiger partial charge in [0.25, 0.3) is 0 Å². The van der Waals surface area contributed by atoms with E-state index in [0.717, 1.165) is 78.7 Å². The number of aromatic nitrogens is 5. The Labute approximate surface area is 412 Å². The van der Waals surface area contributed by atoms with E-state index in [9.17, 15) is 0 Å². The van der Waals surface area contributed by atoms with Crippen molar-refractivity contribution >= 4 is 72.4 Å². The molecule has 1 radical (unpaired) electrons. The van der Waals surface area contributed by atoms with Crippen LogP contribution in [0.2, 0.25) is 17.3 Å². The van der Waals surface area contributed by atoms with Crippen LogP contribution in [0, 0.1) is 25.0 Å². The minimum absolute atomic E-state index is 0. The van der Waals surface area contributed by atoms with Crippen LogP contribution >= 0.6 is 0 Å². The Morgan fingerprint density at radius 2 is 1.45 bits per heavy atom. The average molecular weight is 1120 g/mol. The second-order valence-corrected chi connectivity index (χ2v) is 30.9. The number of benzene rings is 5. The van der Waals surface area contributed by atoms with Gasteiger partial charge in [-0.1, -0.05) is 88.9 Å². The molecule has 5 aromatic heterocycles. The molecule has 0 fully saturated rings. The Bertz CT molecular complexity index is 3410. The predicted octanol–water partition coefficient (Wildman–Crippen LogP) is 15.5. The summed E-state index contributed by atoms with van der Waals surface area (Å²) in [4.78, 5) is 20.1. The Morgan fingerprint density at radius 1 is 0.687 bits per heavy atom. The van der Waals surface area contributed by atoms with E-state index in [1.165, 1.54) is 33.2 Å². The summed E-state index contributed by atoms with van der Waals surface area (Å²) in [6.45, 7) is 20.1. The van der Waals surface area contributed by atoms with Gasteiger partial charge in [-0.25, -0.2) is 4.98 Å². The Kier molecular flexibility index (Phi) is 13.8. The number of hydrogen-bond acceptors (Lipinski definition) is 5. The summed E-state index contributed by atoms with van der Waals surface area (Å²) in [6, 6.07) is 45.1. The summed E-state index contributed by atoms with van der Waals surface area (Å²) in [5, 5.41) is 5.60. The number of fused-ring (bicyclic) bond motifs is 7. The minimum atomic E-state index is -1.86. The molecule has 0 amide bonds. The summed E-state index contributed by atoms with van der Waals surface area (Å²) in [5.41, 5.74) is 14.4. The monoisotopic (exact) mass is 1120 g/mol. The predicted molar refractivity (Wildman–Crippen MR) is 280 cm³/mol. The molecular formula is C59H61GeIrN5O-2. The first-order chi connectivity index (χ1) is 31.6. The maximum absolute atomic E-state index is 6.64. The molecule has 0 N–H and O–H groups in total. The van der Waals surface area contributed by atoms with E-state index >= 15 is 0 Å². The molecule has 0 spiro atoms. The number of imidazole rings is 1. The third-order valence-electron chi connectivity index (χ3n) is 12.7. The first-order valence-electron chi connectivity index (χ1n) is 23.6. The van der Waals surface area contributed by atoms with E-state index < -0.39 is 13.3 Å². The van der Waals surface area contributed by atoms with Gasteiger partial charge >= 0.3 is 126 Å². The molecule has 67 heavy (non-hydrogen) atoms. The molecule has 5 heterocycles. The van der Waals surface area contributed by atoms with Crippen molar-refractivity contribution in [2.24, 2.45) is 5.92 Å². The fourth-order valence-corrected chi connectivity index (χ4v) is 12.8. The molecule has 0 aliphatic carbocycles. The molecule has 0 aliphatic heterocycles. The first kappa shape index (κ1) is 48.0. The van der Waals surface area contributed by atoms with E-state index in [2.05, 4.69) is 187 Å². The van der Waals surface area contributed by atoms with Crippen molar-refractivity contribution in [2.75, 3.05) is 0 Å². The molecule has 10 aromatic rings. The largest absolute Gasteiger partial charge is 0.486 e. The standard InChI is InChI=1S/C41H37N4O.C18H24GeN.Ir/c1-22(2)32-21-27-11-8-9-12-28(27)35(24(5)6)37(32)45-38-34(19-17-26-16-15-25(7)42-36(26)38)43-40(45)31-14-10-13-29-30-18-20-33(23(3)4)44-41(30)46-39(29)31;1-14(2)11-16-12-18(15-9-7-6-8-10-15)20-13-17(16)19(3,4)5;/h8-13,15-24H,1-7H3;6-9,12-14H,11H2,1-5H3;/q2*-1;. The van der Waals surface area contributed by atoms with Gasteiger partial charge in [0.05, 0.1) is 28.0 Å². The van der Waals surface area contributed by atoms with Gasteiger partial charge < -0.3 is 8.98 Å². The molecule has 0 aliphatic rings. The van der Waals surface area contributed by atoms with Crippen molar-refractivity contribution < 1.29 is 24.5 Å². The van der Waals surface area contributed by atoms with Gasteiger partial charge in [0, 0.05) is 48.0 Å². The van der Waals surface area contributed by atoms with E-state index in [4.69, 9.17) is 24.4 Å². The van der Waals surface area contributed by atoms with Crippen molar-refractivity contribution in [3.63, 3.8) is 0 Å². The number of hydrogen-bond donors (Lipinski definition) is 0. The summed E-state index contributed by atoms with van der Waals surface area (Å²) < 4.78 is 10.5. The van der Waals surface area contributed by atoms with Gasteiger partial charge in [-0.3, -0.25) is 9.97 Å². The van der Waals surface area contributed by atoms with Crippen LogP contribution in [0.1, 0.15) is 101 Å². The van der Waals surface area contributed by atoms with Crippen LogP contribution < -0.4 is 4.40 Å². The minimum Gasteiger partial charge on any atom is -0.486 e. The summed E-state index contributed by atoms with van der Waals surface area (Å²) >= 11 is -1.86. The molecule has 6 nitrogen and oxygen atoms in total. The fourth-order valence-electron chi connectivity index (χ4n) is 9.49. The molecule has 343 valence electrons. The van der Waals surface area contributed by atoms with Crippen LogP contribution in [0.4, 0.5) is 0 Å². The normalized spacial score (nSPS) is 12.1. The van der Waals surface area contributed by atoms with Crippen molar-refractivity contribution in [3.05, 3.63) is 156 Å². The van der Waals surface area contributed by atoms with Crippen molar-refractivity contribution in [1.29, 1.82) is 0 Å². The number of furan rings is 1. The van der Waals surface area contributed by atoms with Crippen LogP contribution in [0.3, 0.4) is 0 Å². The molecular weight excluding hydrogens is 1060 g/mol. The maximum Gasteiger partial charge on any atom is 0.216 e. The Balaban J connectivity index is 0.000000244. The number of pyridine rings is 3. The molecule has 0 saturated carbocycles. The van der Waals surface area contributed by atoms with E-state index in [0.29, 0.717) is 17.5 Å². The van der Waals surface area contributed by atoms with Crippen molar-refractivity contribution in [3.8, 4) is 28.3 Å². The van der Waals surface area contributed by atoms with Gasteiger partial charge in [-0.05, 0) is 76.9 Å². The second kappa shape index (κ2) is 19.3. The summed E-state index contributed by atoms with van der Waals surface area (Å²) in [5.74, 6) is 9.59. The van der Waals surface area contributed by atoms with Crippen LogP contribution in [0.15, 0.2) is 120 Å². The zero-order valence-electron chi connectivity index (χ0n) is 41.0. The fraction of sp³-hybridized carbons (Fsp3) is 0.288. The van der Waals surface area contributed by atoms with E-state index in [1.807, 2.05) is 24.3 Å². The van der Waals surface area contributed by atoms with Gasteiger partial charge in [-0.2, -0.15) is 0 Å². The van der Waals surface area contributed by atoms with Crippen LogP contribution in [-0.4, -0.2) is 37.8 Å². The molecule has 0 bridgehead atoms. The molecule has 0 saturated heterocycles. The maximum atomic E-state index is 6.64. The zero-order chi connectivity index (χ0) is 46.6. The number of nitrogens with zero attached hydrogens (tertiary/aromatic N) is 5. The van der Waals surface area contributed by atoms with Crippen LogP contribution in [0.5, 0.6) is 0 Å². The summed E-state index contributed by atoms with van der Waals surface area (Å²) in [7, 11) is 0.